The van der Waals surface area contributed by atoms with Gasteiger partial charge in [-0.05, 0) is 42.8 Å². The van der Waals surface area contributed by atoms with E-state index in [2.05, 4.69) is 20.9 Å². The van der Waals surface area contributed by atoms with Crippen molar-refractivity contribution in [2.75, 3.05) is 31.1 Å². The van der Waals surface area contributed by atoms with Crippen molar-refractivity contribution >= 4 is 38.4 Å². The molecule has 0 radical (unpaired) electrons. The average Bonchev–Trinajstić information content (AvgIpc) is 2.98. The maximum atomic E-state index is 14.0. The van der Waals surface area contributed by atoms with E-state index in [9.17, 15) is 9.18 Å². The Morgan fingerprint density at radius 1 is 1.12 bits per heavy atom. The summed E-state index contributed by atoms with van der Waals surface area (Å²) in [5.41, 5.74) is 3.16. The molecule has 4 nitrogen and oxygen atoms in total. The van der Waals surface area contributed by atoms with E-state index in [-0.39, 0.29) is 11.7 Å². The highest BCUT2D eigenvalue weighted by molar-refractivity contribution is 9.10. The molecule has 0 spiro atoms. The number of amides is 1. The standard InChI is InChI=1S/C20H19BrFN3O/c1-13-15-12-14(21)6-7-17(15)23-19(13)20(26)25-10-8-24(9-11-25)18-5-3-2-4-16(18)22/h2-7,12,23H,8-11H2,1H3. The summed E-state index contributed by atoms with van der Waals surface area (Å²) in [7, 11) is 0. The van der Waals surface area contributed by atoms with E-state index in [0.717, 1.165) is 20.9 Å². The topological polar surface area (TPSA) is 39.3 Å². The lowest BCUT2D eigenvalue weighted by Crippen LogP contribution is -2.49. The number of fused-ring (bicyclic) bond motifs is 1. The molecule has 6 heteroatoms. The van der Waals surface area contributed by atoms with Crippen LogP contribution in [0.15, 0.2) is 46.9 Å². The van der Waals surface area contributed by atoms with Gasteiger partial charge < -0.3 is 14.8 Å². The molecule has 2 heterocycles. The number of hydrogen-bond acceptors (Lipinski definition) is 2. The number of carbonyl (C=O) groups is 1. The van der Waals surface area contributed by atoms with E-state index >= 15 is 0 Å². The summed E-state index contributed by atoms with van der Waals surface area (Å²) in [5, 5.41) is 1.05. The van der Waals surface area contributed by atoms with Gasteiger partial charge in [-0.1, -0.05) is 28.1 Å². The Hall–Kier alpha value is -2.34. The van der Waals surface area contributed by atoms with Crippen LogP contribution in [0.25, 0.3) is 10.9 Å². The minimum atomic E-state index is -0.218. The normalized spacial score (nSPS) is 14.9. The van der Waals surface area contributed by atoms with Crippen molar-refractivity contribution in [3.63, 3.8) is 0 Å². The number of para-hydroxylation sites is 1. The number of anilines is 1. The summed E-state index contributed by atoms with van der Waals surface area (Å²) in [6, 6.07) is 12.7. The SMILES string of the molecule is Cc1c(C(=O)N2CCN(c3ccccc3F)CC2)[nH]c2ccc(Br)cc12. The quantitative estimate of drug-likeness (QED) is 0.675. The monoisotopic (exact) mass is 415 g/mol. The molecule has 1 aliphatic heterocycles. The average molecular weight is 416 g/mol. The van der Waals surface area contributed by atoms with E-state index in [1.807, 2.05) is 41.0 Å². The lowest BCUT2D eigenvalue weighted by atomic mass is 10.1. The van der Waals surface area contributed by atoms with E-state index in [1.165, 1.54) is 6.07 Å². The number of aromatic amines is 1. The molecule has 1 aromatic heterocycles. The highest BCUT2D eigenvalue weighted by Crippen LogP contribution is 2.27. The molecule has 0 unspecified atom stereocenters. The first-order chi connectivity index (χ1) is 12.5. The zero-order valence-electron chi connectivity index (χ0n) is 14.4. The minimum Gasteiger partial charge on any atom is -0.366 e. The van der Waals surface area contributed by atoms with Crippen molar-refractivity contribution in [3.8, 4) is 0 Å². The molecular formula is C20H19BrFN3O. The molecule has 0 aliphatic carbocycles. The number of hydrogen-bond donors (Lipinski definition) is 1. The first-order valence-electron chi connectivity index (χ1n) is 8.61. The molecule has 0 bridgehead atoms. The number of nitrogens with zero attached hydrogens (tertiary/aromatic N) is 2. The lowest BCUT2D eigenvalue weighted by molar-refractivity contribution is 0.0741. The third-order valence-corrected chi connectivity index (χ3v) is 5.49. The van der Waals surface area contributed by atoms with Gasteiger partial charge in [0.25, 0.3) is 5.91 Å². The molecule has 26 heavy (non-hydrogen) atoms. The Balaban J connectivity index is 1.52. The van der Waals surface area contributed by atoms with Gasteiger partial charge in [0, 0.05) is 41.6 Å². The Morgan fingerprint density at radius 3 is 2.58 bits per heavy atom. The number of aryl methyl sites for hydroxylation is 1. The van der Waals surface area contributed by atoms with Crippen molar-refractivity contribution in [3.05, 3.63) is 64.0 Å². The van der Waals surface area contributed by atoms with E-state index in [4.69, 9.17) is 0 Å². The molecule has 0 atom stereocenters. The lowest BCUT2D eigenvalue weighted by Gasteiger charge is -2.36. The third-order valence-electron chi connectivity index (χ3n) is 4.99. The number of piperazine rings is 1. The fourth-order valence-corrected chi connectivity index (χ4v) is 3.89. The smallest absolute Gasteiger partial charge is 0.270 e. The molecule has 2 aromatic carbocycles. The summed E-state index contributed by atoms with van der Waals surface area (Å²) < 4.78 is 15.0. The van der Waals surface area contributed by atoms with Gasteiger partial charge in [-0.3, -0.25) is 4.79 Å². The molecule has 1 amide bonds. The van der Waals surface area contributed by atoms with Crippen molar-refractivity contribution in [1.82, 2.24) is 9.88 Å². The van der Waals surface area contributed by atoms with Crippen molar-refractivity contribution in [2.45, 2.75) is 6.92 Å². The summed E-state index contributed by atoms with van der Waals surface area (Å²) >= 11 is 3.48. The molecule has 1 saturated heterocycles. The van der Waals surface area contributed by atoms with Crippen LogP contribution in [0.3, 0.4) is 0 Å². The van der Waals surface area contributed by atoms with Crippen LogP contribution in [-0.2, 0) is 0 Å². The number of rotatable bonds is 2. The maximum Gasteiger partial charge on any atom is 0.270 e. The Bertz CT molecular complexity index is 976. The Morgan fingerprint density at radius 2 is 1.85 bits per heavy atom. The predicted octanol–water partition coefficient (Wildman–Crippen LogP) is 4.34. The van der Waals surface area contributed by atoms with Crippen molar-refractivity contribution in [1.29, 1.82) is 0 Å². The largest absolute Gasteiger partial charge is 0.366 e. The van der Waals surface area contributed by atoms with Gasteiger partial charge in [0.2, 0.25) is 0 Å². The molecule has 0 saturated carbocycles. The Labute approximate surface area is 159 Å². The second-order valence-corrected chi connectivity index (χ2v) is 7.46. The van der Waals surface area contributed by atoms with Crippen LogP contribution in [0.5, 0.6) is 0 Å². The number of carbonyl (C=O) groups excluding carboxylic acids is 1. The number of aromatic nitrogens is 1. The predicted molar refractivity (Wildman–Crippen MR) is 105 cm³/mol. The van der Waals surface area contributed by atoms with Crippen LogP contribution in [0, 0.1) is 12.7 Å². The molecule has 1 fully saturated rings. The first kappa shape index (κ1) is 17.1. The van der Waals surface area contributed by atoms with Crippen LogP contribution in [0.4, 0.5) is 10.1 Å². The van der Waals surface area contributed by atoms with E-state index in [0.29, 0.717) is 37.6 Å². The van der Waals surface area contributed by atoms with Crippen LogP contribution >= 0.6 is 15.9 Å². The van der Waals surface area contributed by atoms with Crippen molar-refractivity contribution < 1.29 is 9.18 Å². The van der Waals surface area contributed by atoms with Crippen LogP contribution in [-0.4, -0.2) is 42.0 Å². The number of nitrogens with one attached hydrogen (secondary N) is 1. The van der Waals surface area contributed by atoms with Gasteiger partial charge in [0.1, 0.15) is 11.5 Å². The highest BCUT2D eigenvalue weighted by atomic mass is 79.9. The molecular weight excluding hydrogens is 397 g/mol. The van der Waals surface area contributed by atoms with Crippen LogP contribution < -0.4 is 4.90 Å². The highest BCUT2D eigenvalue weighted by Gasteiger charge is 2.26. The summed E-state index contributed by atoms with van der Waals surface area (Å²) in [5.74, 6) is -0.215. The maximum absolute atomic E-state index is 14.0. The second-order valence-electron chi connectivity index (χ2n) is 6.55. The molecule has 1 aliphatic rings. The molecule has 134 valence electrons. The first-order valence-corrected chi connectivity index (χ1v) is 9.40. The third kappa shape index (κ3) is 2.98. The molecule has 3 aromatic rings. The van der Waals surface area contributed by atoms with Gasteiger partial charge in [-0.25, -0.2) is 4.39 Å². The zero-order chi connectivity index (χ0) is 18.3. The fraction of sp³-hybridized carbons (Fsp3) is 0.250. The summed E-state index contributed by atoms with van der Waals surface area (Å²) in [6.07, 6.45) is 0. The zero-order valence-corrected chi connectivity index (χ0v) is 16.0. The molecule has 4 rings (SSSR count). The summed E-state index contributed by atoms with van der Waals surface area (Å²) in [6.45, 7) is 4.36. The van der Waals surface area contributed by atoms with Gasteiger partial charge in [-0.2, -0.15) is 0 Å². The van der Waals surface area contributed by atoms with E-state index < -0.39 is 0 Å². The second kappa shape index (κ2) is 6.76. The van der Waals surface area contributed by atoms with Crippen LogP contribution in [0.1, 0.15) is 16.1 Å². The fourth-order valence-electron chi connectivity index (χ4n) is 3.53. The van der Waals surface area contributed by atoms with Gasteiger partial charge in [0.15, 0.2) is 0 Å². The van der Waals surface area contributed by atoms with E-state index in [1.54, 1.807) is 12.1 Å². The number of H-pyrrole nitrogens is 1. The summed E-state index contributed by atoms with van der Waals surface area (Å²) in [4.78, 5) is 20.1. The molecule has 1 N–H and O–H groups in total. The van der Waals surface area contributed by atoms with Crippen LogP contribution in [0.2, 0.25) is 0 Å². The van der Waals surface area contributed by atoms with Gasteiger partial charge in [-0.15, -0.1) is 0 Å². The van der Waals surface area contributed by atoms with Gasteiger partial charge in [0.05, 0.1) is 5.69 Å². The van der Waals surface area contributed by atoms with Gasteiger partial charge >= 0.3 is 0 Å². The number of benzene rings is 2. The Kier molecular flexibility index (Phi) is 4.44. The number of halogens is 2. The minimum absolute atomic E-state index is 0.00278. The van der Waals surface area contributed by atoms with Crippen molar-refractivity contribution in [2.24, 2.45) is 0 Å².